The molecular formula is C66H114O15. The van der Waals surface area contributed by atoms with Gasteiger partial charge in [0, 0.05) is 37.5 Å². The fourth-order valence-electron chi connectivity index (χ4n) is 9.53. The minimum Gasteiger partial charge on any atom is -0.462 e. The van der Waals surface area contributed by atoms with Crippen LogP contribution in [0.2, 0.25) is 0 Å². The Hall–Kier alpha value is -4.34. The highest BCUT2D eigenvalue weighted by Crippen LogP contribution is 2.21. The molecule has 15 heteroatoms. The van der Waals surface area contributed by atoms with Crippen LogP contribution < -0.4 is 0 Å². The number of aliphatic hydroxyl groups excluding tert-OH is 3. The molecule has 7 unspecified atom stereocenters. The van der Waals surface area contributed by atoms with Crippen molar-refractivity contribution in [1.82, 2.24) is 0 Å². The van der Waals surface area contributed by atoms with Crippen LogP contribution in [0, 0.1) is 0 Å². The lowest BCUT2D eigenvalue weighted by Crippen LogP contribution is -2.31. The molecule has 0 amide bonds. The van der Waals surface area contributed by atoms with E-state index in [0.717, 1.165) is 179 Å². The van der Waals surface area contributed by atoms with Gasteiger partial charge in [-0.25, -0.2) is 14.4 Å². The molecule has 0 fully saturated rings. The minimum absolute atomic E-state index is 0.161. The molecule has 0 heterocycles. The first-order chi connectivity index (χ1) is 39.2. The lowest BCUT2D eigenvalue weighted by molar-refractivity contribution is -0.167. The number of carbonyl (C=O) groups is 6. The van der Waals surface area contributed by atoms with Crippen molar-refractivity contribution in [3.8, 4) is 0 Å². The molecule has 0 saturated carbocycles. The van der Waals surface area contributed by atoms with E-state index in [0.29, 0.717) is 51.4 Å². The minimum atomic E-state index is -0.966. The number of allylic oxidation sites excluding steroid dienone is 1. The lowest BCUT2D eigenvalue weighted by atomic mass is 9.99. The Balaban J connectivity index is 5.10. The third-order valence-electron chi connectivity index (χ3n) is 14.6. The molecule has 468 valence electrons. The number of esters is 6. The highest BCUT2D eigenvalue weighted by atomic mass is 16.6. The van der Waals surface area contributed by atoms with Gasteiger partial charge in [0.1, 0.15) is 31.5 Å². The number of hydrogen-bond donors (Lipinski definition) is 3. The second-order valence-electron chi connectivity index (χ2n) is 22.0. The Morgan fingerprint density at radius 3 is 1.10 bits per heavy atom. The van der Waals surface area contributed by atoms with Crippen molar-refractivity contribution < 1.29 is 72.5 Å². The molecule has 0 aliphatic carbocycles. The first kappa shape index (κ1) is 76.7. The SMILES string of the molecule is C=CC(=O)OC(C=CCCCCCC)C(O)CCCCCCCC(=O)OCC(COC(=O)CCCCCCCC(OC(=O)C=C)C(O)CCCCCCCC)OC(=O)CCCCCCCCCC(OC(=O)C=C)C(O)CCCCCC. The maximum atomic E-state index is 13.0. The van der Waals surface area contributed by atoms with Crippen LogP contribution in [0.3, 0.4) is 0 Å². The average molecular weight is 1150 g/mol. The van der Waals surface area contributed by atoms with Crippen LogP contribution >= 0.6 is 0 Å². The predicted octanol–water partition coefficient (Wildman–Crippen LogP) is 14.6. The highest BCUT2D eigenvalue weighted by molar-refractivity contribution is 5.82. The summed E-state index contributed by atoms with van der Waals surface area (Å²) in [7, 11) is 0. The van der Waals surface area contributed by atoms with E-state index in [1.807, 2.05) is 6.08 Å². The summed E-state index contributed by atoms with van der Waals surface area (Å²) in [6.45, 7) is 16.4. The molecule has 0 aromatic rings. The van der Waals surface area contributed by atoms with Gasteiger partial charge in [-0.05, 0) is 83.1 Å². The molecule has 81 heavy (non-hydrogen) atoms. The van der Waals surface area contributed by atoms with Crippen molar-refractivity contribution in [2.45, 2.75) is 320 Å². The standard InChI is InChI=1S/C66H114O15/c1-7-13-16-19-26-35-44-56(68)60(81-63(72)12-6)48-39-30-25-33-41-50-65(74)77-53-54(78-66(75)51-42-31-23-21-22-29-38-47-58(79-61(70)10-4)55(67)43-34-18-15-9-3)52-76-64(73)49-40-32-24-27-36-45-57(69)59(80-62(71)11-5)46-37-28-20-17-14-8-2/h10-12,37,46,54-60,67-69H,4-9,13-36,38-45,47-53H2,1-3H3. The Bertz CT molecular complexity index is 1660. The maximum Gasteiger partial charge on any atom is 0.330 e. The molecule has 15 nitrogen and oxygen atoms in total. The number of aliphatic hydroxyl groups is 3. The second kappa shape index (κ2) is 54.9. The monoisotopic (exact) mass is 1150 g/mol. The largest absolute Gasteiger partial charge is 0.462 e. The molecule has 0 aromatic heterocycles. The highest BCUT2D eigenvalue weighted by Gasteiger charge is 2.25. The van der Waals surface area contributed by atoms with Crippen LogP contribution in [0.15, 0.2) is 50.1 Å². The van der Waals surface area contributed by atoms with Crippen molar-refractivity contribution >= 4 is 35.8 Å². The van der Waals surface area contributed by atoms with Crippen LogP contribution in [0.5, 0.6) is 0 Å². The molecule has 0 spiro atoms. The summed E-state index contributed by atoms with van der Waals surface area (Å²) in [6, 6.07) is 0. The zero-order chi connectivity index (χ0) is 60.0. The first-order valence-electron chi connectivity index (χ1n) is 31.9. The van der Waals surface area contributed by atoms with Crippen LogP contribution in [0.25, 0.3) is 0 Å². The fourth-order valence-corrected chi connectivity index (χ4v) is 9.53. The maximum absolute atomic E-state index is 13.0. The number of carbonyl (C=O) groups excluding carboxylic acids is 6. The molecule has 0 saturated heterocycles. The van der Waals surface area contributed by atoms with Crippen molar-refractivity contribution in [3.63, 3.8) is 0 Å². The molecular weight excluding hydrogens is 1030 g/mol. The van der Waals surface area contributed by atoms with Crippen LogP contribution in [0.4, 0.5) is 0 Å². The van der Waals surface area contributed by atoms with Crippen LogP contribution in [0.1, 0.15) is 278 Å². The van der Waals surface area contributed by atoms with Gasteiger partial charge in [0.25, 0.3) is 0 Å². The molecule has 0 aromatic carbocycles. The zero-order valence-corrected chi connectivity index (χ0v) is 51.0. The van der Waals surface area contributed by atoms with E-state index < -0.39 is 78.5 Å². The molecule has 0 rings (SSSR count). The number of rotatable bonds is 58. The van der Waals surface area contributed by atoms with Crippen molar-refractivity contribution in [2.24, 2.45) is 0 Å². The lowest BCUT2D eigenvalue weighted by Gasteiger charge is -2.23. The smallest absolute Gasteiger partial charge is 0.330 e. The molecule has 0 radical (unpaired) electrons. The molecule has 0 bridgehead atoms. The molecule has 0 aliphatic heterocycles. The summed E-state index contributed by atoms with van der Waals surface area (Å²) in [4.78, 5) is 74.6. The summed E-state index contributed by atoms with van der Waals surface area (Å²) in [6.07, 6.45) is 34.8. The van der Waals surface area contributed by atoms with E-state index in [9.17, 15) is 44.1 Å². The summed E-state index contributed by atoms with van der Waals surface area (Å²) in [5, 5.41) is 32.3. The summed E-state index contributed by atoms with van der Waals surface area (Å²) >= 11 is 0. The van der Waals surface area contributed by atoms with E-state index in [1.165, 1.54) is 25.7 Å². The van der Waals surface area contributed by atoms with E-state index in [4.69, 9.17) is 28.4 Å². The number of ether oxygens (including phenoxy) is 6. The third-order valence-corrected chi connectivity index (χ3v) is 14.6. The van der Waals surface area contributed by atoms with E-state index in [2.05, 4.69) is 40.5 Å². The van der Waals surface area contributed by atoms with Gasteiger partial charge in [-0.3, -0.25) is 14.4 Å². The predicted molar refractivity (Wildman–Crippen MR) is 321 cm³/mol. The first-order valence-corrected chi connectivity index (χ1v) is 31.9. The van der Waals surface area contributed by atoms with Crippen molar-refractivity contribution in [2.75, 3.05) is 13.2 Å². The summed E-state index contributed by atoms with van der Waals surface area (Å²) in [5.74, 6) is -3.00. The van der Waals surface area contributed by atoms with Gasteiger partial charge in [0.2, 0.25) is 0 Å². The Morgan fingerprint density at radius 1 is 0.370 bits per heavy atom. The molecule has 0 aliphatic rings. The van der Waals surface area contributed by atoms with E-state index in [-0.39, 0.29) is 32.5 Å². The number of unbranched alkanes of at least 4 members (excludes halogenated alkanes) is 26. The van der Waals surface area contributed by atoms with Gasteiger partial charge in [-0.15, -0.1) is 0 Å². The normalized spacial score (nSPS) is 14.0. The van der Waals surface area contributed by atoms with Gasteiger partial charge in [0.15, 0.2) is 6.10 Å². The second-order valence-corrected chi connectivity index (χ2v) is 22.0. The molecule has 7 atom stereocenters. The Morgan fingerprint density at radius 2 is 0.691 bits per heavy atom. The van der Waals surface area contributed by atoms with E-state index >= 15 is 0 Å². The van der Waals surface area contributed by atoms with E-state index in [1.54, 1.807) is 6.08 Å². The number of hydrogen-bond acceptors (Lipinski definition) is 15. The Kier molecular flexibility index (Phi) is 51.9. The summed E-state index contributed by atoms with van der Waals surface area (Å²) < 4.78 is 33.2. The third kappa shape index (κ3) is 46.8. The summed E-state index contributed by atoms with van der Waals surface area (Å²) in [5.41, 5.74) is 0. The van der Waals surface area contributed by atoms with Crippen molar-refractivity contribution in [1.29, 1.82) is 0 Å². The van der Waals surface area contributed by atoms with Gasteiger partial charge in [-0.2, -0.15) is 0 Å². The topological polar surface area (TPSA) is 218 Å². The fraction of sp³-hybridized carbons (Fsp3) is 0.788. The van der Waals surface area contributed by atoms with Gasteiger partial charge in [-0.1, -0.05) is 207 Å². The Labute approximate surface area is 490 Å². The van der Waals surface area contributed by atoms with Gasteiger partial charge in [0.05, 0.1) is 18.3 Å². The van der Waals surface area contributed by atoms with Gasteiger partial charge >= 0.3 is 35.8 Å². The van der Waals surface area contributed by atoms with Crippen LogP contribution in [-0.2, 0) is 57.2 Å². The molecule has 3 N–H and O–H groups in total. The van der Waals surface area contributed by atoms with Crippen molar-refractivity contribution in [3.05, 3.63) is 50.1 Å². The van der Waals surface area contributed by atoms with Gasteiger partial charge < -0.3 is 43.7 Å². The van der Waals surface area contributed by atoms with Crippen LogP contribution in [-0.4, -0.2) is 107 Å². The zero-order valence-electron chi connectivity index (χ0n) is 51.0. The quantitative estimate of drug-likeness (QED) is 0.0170. The average Bonchev–Trinajstić information content (AvgIpc) is 3.46.